The lowest BCUT2D eigenvalue weighted by molar-refractivity contribution is -0.196. The van der Waals surface area contributed by atoms with Gasteiger partial charge in [-0.15, -0.1) is 0 Å². The number of nitrogens with one attached hydrogen (secondary N) is 1. The number of rotatable bonds is 4. The van der Waals surface area contributed by atoms with Crippen molar-refractivity contribution < 1.29 is 28.9 Å². The quantitative estimate of drug-likeness (QED) is 0.770. The van der Waals surface area contributed by atoms with E-state index in [9.17, 15) is 14.7 Å². The number of anilines is 1. The van der Waals surface area contributed by atoms with Crippen molar-refractivity contribution in [3.05, 3.63) is 18.2 Å². The van der Waals surface area contributed by atoms with Crippen LogP contribution in [0.3, 0.4) is 0 Å². The van der Waals surface area contributed by atoms with E-state index < -0.39 is 16.9 Å². The number of aliphatic hydroxyl groups is 1. The monoisotopic (exact) mass is 387 g/mol. The van der Waals surface area contributed by atoms with Crippen LogP contribution in [0, 0.1) is 17.3 Å². The summed E-state index contributed by atoms with van der Waals surface area (Å²) >= 11 is 0. The number of hydrogen-bond acceptors (Lipinski definition) is 6. The third kappa shape index (κ3) is 3.11. The van der Waals surface area contributed by atoms with Gasteiger partial charge in [0.05, 0.1) is 11.0 Å². The average Bonchev–Trinajstić information content (AvgIpc) is 2.64. The summed E-state index contributed by atoms with van der Waals surface area (Å²) in [5.41, 5.74) is -0.776. The normalized spacial score (nSPS) is 34.8. The molecule has 4 atom stereocenters. The van der Waals surface area contributed by atoms with Crippen LogP contribution in [0.25, 0.3) is 0 Å². The molecule has 0 aromatic heterocycles. The molecular weight excluding hydrogens is 362 g/mol. The highest BCUT2D eigenvalue weighted by Gasteiger charge is 2.60. The second-order valence-electron chi connectivity index (χ2n) is 8.95. The lowest BCUT2D eigenvalue weighted by atomic mass is 9.48. The van der Waals surface area contributed by atoms with Crippen LogP contribution in [0.15, 0.2) is 18.2 Å². The highest BCUT2D eigenvalue weighted by molar-refractivity contribution is 5.93. The third-order valence-corrected chi connectivity index (χ3v) is 6.62. The summed E-state index contributed by atoms with van der Waals surface area (Å²) in [5.74, 6) is 1.29. The molecule has 1 aromatic carbocycles. The third-order valence-electron chi connectivity index (χ3n) is 6.62. The Bertz CT molecular complexity index is 807. The number of fused-ring (bicyclic) bond motifs is 1. The van der Waals surface area contributed by atoms with Gasteiger partial charge < -0.3 is 24.6 Å². The van der Waals surface area contributed by atoms with E-state index in [1.165, 1.54) is 0 Å². The molecule has 4 fully saturated rings. The lowest BCUT2D eigenvalue weighted by Crippen LogP contribution is -2.58. The Labute approximate surface area is 163 Å². The minimum absolute atomic E-state index is 0.331. The van der Waals surface area contributed by atoms with Crippen molar-refractivity contribution in [3.63, 3.8) is 0 Å². The summed E-state index contributed by atoms with van der Waals surface area (Å²) in [6, 6.07) is 5.16. The molecule has 0 saturated heterocycles. The molecule has 1 heterocycles. The molecule has 2 N–H and O–H groups in total. The Morgan fingerprint density at radius 1 is 1.11 bits per heavy atom. The van der Waals surface area contributed by atoms with Gasteiger partial charge in [0, 0.05) is 11.8 Å². The zero-order valence-electron chi connectivity index (χ0n) is 15.7. The lowest BCUT2D eigenvalue weighted by Gasteiger charge is -2.58. The van der Waals surface area contributed by atoms with Crippen molar-refractivity contribution in [2.75, 3.05) is 25.1 Å². The van der Waals surface area contributed by atoms with E-state index >= 15 is 0 Å². The summed E-state index contributed by atoms with van der Waals surface area (Å²) in [7, 11) is 0. The minimum atomic E-state index is -0.726. The maximum atomic E-state index is 12.8. The fourth-order valence-corrected chi connectivity index (χ4v) is 6.06. The Morgan fingerprint density at radius 3 is 2.54 bits per heavy atom. The minimum Gasteiger partial charge on any atom is -0.486 e. The van der Waals surface area contributed by atoms with Crippen LogP contribution < -0.4 is 14.8 Å². The van der Waals surface area contributed by atoms with Crippen molar-refractivity contribution in [2.45, 2.75) is 44.1 Å². The van der Waals surface area contributed by atoms with Crippen molar-refractivity contribution in [1.82, 2.24) is 0 Å². The van der Waals surface area contributed by atoms with Crippen LogP contribution in [0.4, 0.5) is 5.69 Å². The molecule has 0 spiro atoms. The first-order valence-corrected chi connectivity index (χ1v) is 10.0. The van der Waals surface area contributed by atoms with E-state index in [0.29, 0.717) is 48.7 Å². The van der Waals surface area contributed by atoms with Crippen molar-refractivity contribution in [2.24, 2.45) is 17.3 Å². The molecule has 4 saturated carbocycles. The molecule has 7 heteroatoms. The molecule has 1 amide bonds. The molecule has 5 aliphatic rings. The summed E-state index contributed by atoms with van der Waals surface area (Å²) in [6.07, 6.45) is 4.70. The van der Waals surface area contributed by atoms with Crippen LogP contribution in [-0.4, -0.2) is 42.4 Å². The highest BCUT2D eigenvalue weighted by atomic mass is 16.6. The second-order valence-corrected chi connectivity index (χ2v) is 8.95. The average molecular weight is 387 g/mol. The first-order chi connectivity index (χ1) is 13.4. The first-order valence-electron chi connectivity index (χ1n) is 10.0. The molecule has 4 aliphatic carbocycles. The molecule has 7 nitrogen and oxygen atoms in total. The van der Waals surface area contributed by atoms with Gasteiger partial charge in [-0.25, -0.2) is 0 Å². The number of esters is 1. The summed E-state index contributed by atoms with van der Waals surface area (Å²) < 4.78 is 16.4. The molecule has 28 heavy (non-hydrogen) atoms. The Morgan fingerprint density at radius 2 is 1.82 bits per heavy atom. The van der Waals surface area contributed by atoms with Gasteiger partial charge in [0.25, 0.3) is 5.91 Å². The SMILES string of the molecule is O=C(COC(=O)C12C[C@@H]3C[C@@H](CC(O)(C3)C1)C2)Nc1ccc2c(c1)OCCO2. The van der Waals surface area contributed by atoms with E-state index in [0.717, 1.165) is 32.1 Å². The molecule has 1 aliphatic heterocycles. The number of ether oxygens (including phenoxy) is 3. The van der Waals surface area contributed by atoms with Crippen molar-refractivity contribution in [3.8, 4) is 11.5 Å². The molecule has 0 radical (unpaired) electrons. The molecular formula is C21H25NO6. The van der Waals surface area contributed by atoms with Crippen LogP contribution in [-0.2, 0) is 14.3 Å². The molecule has 150 valence electrons. The van der Waals surface area contributed by atoms with Gasteiger partial charge in [0.15, 0.2) is 18.1 Å². The van der Waals surface area contributed by atoms with Gasteiger partial charge in [-0.3, -0.25) is 9.59 Å². The van der Waals surface area contributed by atoms with E-state index in [4.69, 9.17) is 14.2 Å². The van der Waals surface area contributed by atoms with Crippen LogP contribution in [0.5, 0.6) is 11.5 Å². The second kappa shape index (κ2) is 6.37. The van der Waals surface area contributed by atoms with Crippen LogP contribution in [0.2, 0.25) is 0 Å². The zero-order chi connectivity index (χ0) is 19.4. The van der Waals surface area contributed by atoms with Gasteiger partial charge >= 0.3 is 5.97 Å². The number of hydrogen-bond donors (Lipinski definition) is 2. The highest BCUT2D eigenvalue weighted by Crippen LogP contribution is 2.61. The number of carbonyl (C=O) groups excluding carboxylic acids is 2. The predicted molar refractivity (Wildman–Crippen MR) is 99.1 cm³/mol. The molecule has 4 bridgehead atoms. The van der Waals surface area contributed by atoms with E-state index in [1.807, 2.05) is 0 Å². The maximum absolute atomic E-state index is 12.8. The van der Waals surface area contributed by atoms with Crippen LogP contribution in [0.1, 0.15) is 38.5 Å². The predicted octanol–water partition coefficient (Wildman–Crippen LogP) is 2.27. The molecule has 6 rings (SSSR count). The first kappa shape index (κ1) is 17.8. The Hall–Kier alpha value is -2.28. The zero-order valence-corrected chi connectivity index (χ0v) is 15.7. The van der Waals surface area contributed by atoms with E-state index in [-0.39, 0.29) is 12.6 Å². The van der Waals surface area contributed by atoms with Crippen molar-refractivity contribution >= 4 is 17.6 Å². The number of carbonyl (C=O) groups is 2. The van der Waals surface area contributed by atoms with Gasteiger partial charge in [0.2, 0.25) is 0 Å². The maximum Gasteiger partial charge on any atom is 0.312 e. The molecule has 1 aromatic rings. The Balaban J connectivity index is 1.20. The smallest absolute Gasteiger partial charge is 0.312 e. The molecule has 2 unspecified atom stereocenters. The number of benzene rings is 1. The Kier molecular flexibility index (Phi) is 4.05. The summed E-state index contributed by atoms with van der Waals surface area (Å²) in [5, 5.41) is 13.5. The topological polar surface area (TPSA) is 94.1 Å². The summed E-state index contributed by atoms with van der Waals surface area (Å²) in [6.45, 7) is 0.647. The fraction of sp³-hybridized carbons (Fsp3) is 0.619. The standard InChI is InChI=1S/C21H25NO6/c23-18(22-15-1-2-16-17(6-15)27-4-3-26-16)11-28-19(24)20-7-13-5-14(8-20)10-21(25,9-13)12-20/h1-2,6,13-14,25H,3-5,7-12H2,(H,22,23)/t13-,14+,20?,21?. The van der Waals surface area contributed by atoms with E-state index in [1.54, 1.807) is 18.2 Å². The number of amides is 1. The van der Waals surface area contributed by atoms with E-state index in [2.05, 4.69) is 5.32 Å². The fourth-order valence-electron chi connectivity index (χ4n) is 6.06. The largest absolute Gasteiger partial charge is 0.486 e. The van der Waals surface area contributed by atoms with Gasteiger partial charge in [-0.1, -0.05) is 0 Å². The summed E-state index contributed by atoms with van der Waals surface area (Å²) in [4.78, 5) is 25.1. The van der Waals surface area contributed by atoms with Gasteiger partial charge in [-0.05, 0) is 62.5 Å². The van der Waals surface area contributed by atoms with Crippen molar-refractivity contribution in [1.29, 1.82) is 0 Å². The van der Waals surface area contributed by atoms with Gasteiger partial charge in [-0.2, -0.15) is 0 Å². The van der Waals surface area contributed by atoms with Gasteiger partial charge in [0.1, 0.15) is 13.2 Å². The van der Waals surface area contributed by atoms with Crippen LogP contribution >= 0.6 is 0 Å².